The Morgan fingerprint density at radius 3 is 0.891 bits per heavy atom. The fourth-order valence-corrected chi connectivity index (χ4v) is 16.9. The summed E-state index contributed by atoms with van der Waals surface area (Å²) in [6.45, 7) is 4.73. The predicted octanol–water partition coefficient (Wildman–Crippen LogP) is 28.2. The molecule has 0 atom stereocenters. The Labute approximate surface area is 589 Å². The molecular weight excluding hydrogens is 1210 g/mol. The quantitative estimate of drug-likeness (QED) is 0.133. The lowest BCUT2D eigenvalue weighted by Crippen LogP contribution is -2.14. The SMILES string of the molecule is CC1(C)c2ccccc2-c2ccc(-c3ccc4c(-c5ccc6ccccc6c5)c5ccccc5c(-c5ccc6ccccc6c5)c4c3)cc21.c1ccc(-c2ccc(-c3c4ccccc4c(-c4ccc5c(-c6ccccc6)c6ccccc6c(-c6ccccc6)c5c4)c4ccccc34)cc2)cc1. The van der Waals surface area contributed by atoms with E-state index in [4.69, 9.17) is 0 Å². The van der Waals surface area contributed by atoms with Crippen LogP contribution in [0, 0.1) is 0 Å². The average molecular weight is 1280 g/mol. The second-order valence-corrected chi connectivity index (χ2v) is 27.7. The van der Waals surface area contributed by atoms with Crippen LogP contribution in [0.1, 0.15) is 25.0 Å². The van der Waals surface area contributed by atoms with Crippen LogP contribution in [0.15, 0.2) is 376 Å². The smallest absolute Gasteiger partial charge is 0.0159 e. The van der Waals surface area contributed by atoms with E-state index in [2.05, 4.69) is 390 Å². The molecule has 1 aliphatic rings. The van der Waals surface area contributed by atoms with Gasteiger partial charge in [0, 0.05) is 5.41 Å². The summed E-state index contributed by atoms with van der Waals surface area (Å²) in [6.07, 6.45) is 0. The van der Waals surface area contributed by atoms with Crippen LogP contribution in [0.3, 0.4) is 0 Å². The predicted molar refractivity (Wildman–Crippen MR) is 434 cm³/mol. The van der Waals surface area contributed by atoms with Crippen LogP contribution in [-0.4, -0.2) is 0 Å². The summed E-state index contributed by atoms with van der Waals surface area (Å²) in [6, 6.07) is 139. The van der Waals surface area contributed by atoms with E-state index in [1.807, 2.05) is 0 Å². The molecule has 0 fully saturated rings. The van der Waals surface area contributed by atoms with Crippen molar-refractivity contribution in [1.82, 2.24) is 0 Å². The van der Waals surface area contributed by atoms with Crippen molar-refractivity contribution < 1.29 is 0 Å². The molecule has 0 N–H and O–H groups in total. The summed E-state index contributed by atoms with van der Waals surface area (Å²) in [5.74, 6) is 0. The molecule has 0 heterocycles. The normalized spacial score (nSPS) is 12.3. The molecule has 0 heteroatoms. The van der Waals surface area contributed by atoms with Crippen molar-refractivity contribution in [3.63, 3.8) is 0 Å². The van der Waals surface area contributed by atoms with Crippen LogP contribution in [0.25, 0.3) is 186 Å². The standard InChI is InChI=1S/C52H34.C49H34/c1-4-16-35(17-5-1)36-28-30-39(31-29-36)50-42-23-11-14-26-45(42)52(46-27-15-12-24-43(46)50)40-32-33-47-48(34-40)51(38-20-8-3-9-21-38)44-25-13-10-22-41(44)49(47)37-18-6-2-7-19-37;1-49(2)45-18-10-9-15-39(45)40-25-23-36(30-46(40)49)35-24-26-43-44(29-35)48(38-22-20-32-12-4-6-14-34(32)28-38)42-17-8-7-16-41(42)47(43)37-21-19-31-11-3-5-13-33(31)27-37/h1-34H;3-30H,1-2H3. The second kappa shape index (κ2) is 24.4. The average Bonchev–Trinajstić information content (AvgIpc) is 1.31. The van der Waals surface area contributed by atoms with Gasteiger partial charge in [0.1, 0.15) is 0 Å². The molecule has 0 spiro atoms. The van der Waals surface area contributed by atoms with E-state index >= 15 is 0 Å². The molecule has 19 aromatic carbocycles. The molecule has 0 unspecified atom stereocenters. The Morgan fingerprint density at radius 1 is 0.149 bits per heavy atom. The van der Waals surface area contributed by atoms with Crippen LogP contribution < -0.4 is 0 Å². The molecule has 19 aromatic rings. The fraction of sp³-hybridized carbons (Fsp3) is 0.0297. The summed E-state index contributed by atoms with van der Waals surface area (Å²) in [4.78, 5) is 0. The third-order valence-electron chi connectivity index (χ3n) is 21.7. The van der Waals surface area contributed by atoms with Gasteiger partial charge in [-0.15, -0.1) is 0 Å². The van der Waals surface area contributed by atoms with Crippen molar-refractivity contribution in [2.45, 2.75) is 19.3 Å². The van der Waals surface area contributed by atoms with Gasteiger partial charge in [0.2, 0.25) is 0 Å². The molecule has 0 aromatic heterocycles. The van der Waals surface area contributed by atoms with E-state index in [9.17, 15) is 0 Å². The van der Waals surface area contributed by atoms with Gasteiger partial charge in [-0.05, 0) is 228 Å². The van der Waals surface area contributed by atoms with Gasteiger partial charge in [0.25, 0.3) is 0 Å². The van der Waals surface area contributed by atoms with Gasteiger partial charge < -0.3 is 0 Å². The number of rotatable bonds is 8. The van der Waals surface area contributed by atoms with E-state index in [0.717, 1.165) is 0 Å². The highest BCUT2D eigenvalue weighted by Crippen LogP contribution is 2.53. The maximum atomic E-state index is 2.46. The molecule has 20 rings (SSSR count). The lowest BCUT2D eigenvalue weighted by Gasteiger charge is -2.22. The molecule has 472 valence electrons. The van der Waals surface area contributed by atoms with Gasteiger partial charge in [-0.25, -0.2) is 0 Å². The molecule has 0 aliphatic heterocycles. The first-order valence-corrected chi connectivity index (χ1v) is 35.3. The maximum Gasteiger partial charge on any atom is 0.0159 e. The van der Waals surface area contributed by atoms with Gasteiger partial charge in [-0.1, -0.05) is 360 Å². The van der Waals surface area contributed by atoms with Crippen molar-refractivity contribution in [2.24, 2.45) is 0 Å². The van der Waals surface area contributed by atoms with E-state index in [-0.39, 0.29) is 5.41 Å². The molecule has 0 amide bonds. The zero-order valence-corrected chi connectivity index (χ0v) is 56.3. The lowest BCUT2D eigenvalue weighted by molar-refractivity contribution is 0.660. The van der Waals surface area contributed by atoms with Gasteiger partial charge in [-0.2, -0.15) is 0 Å². The highest BCUT2D eigenvalue weighted by molar-refractivity contribution is 6.26. The fourth-order valence-electron chi connectivity index (χ4n) is 16.9. The Hall–Kier alpha value is -12.7. The summed E-state index contributed by atoms with van der Waals surface area (Å²) < 4.78 is 0. The van der Waals surface area contributed by atoms with Crippen LogP contribution >= 0.6 is 0 Å². The molecule has 1 aliphatic carbocycles. The van der Waals surface area contributed by atoms with Crippen molar-refractivity contribution >= 4 is 86.2 Å². The maximum absolute atomic E-state index is 2.46. The summed E-state index contributed by atoms with van der Waals surface area (Å²) >= 11 is 0. The molecule has 0 saturated heterocycles. The van der Waals surface area contributed by atoms with Crippen molar-refractivity contribution in [1.29, 1.82) is 0 Å². The number of fused-ring (bicyclic) bond motifs is 11. The van der Waals surface area contributed by atoms with Crippen LogP contribution in [-0.2, 0) is 5.41 Å². The summed E-state index contributed by atoms with van der Waals surface area (Å²) in [5, 5.41) is 20.2. The Bertz CT molecular complexity index is 6440. The van der Waals surface area contributed by atoms with E-state index in [1.165, 1.54) is 197 Å². The monoisotopic (exact) mass is 1280 g/mol. The second-order valence-electron chi connectivity index (χ2n) is 27.7. The van der Waals surface area contributed by atoms with Crippen molar-refractivity contribution in [3.8, 4) is 100 Å². The zero-order valence-electron chi connectivity index (χ0n) is 56.3. The molecule has 101 heavy (non-hydrogen) atoms. The third-order valence-corrected chi connectivity index (χ3v) is 21.7. The van der Waals surface area contributed by atoms with Crippen molar-refractivity contribution in [2.75, 3.05) is 0 Å². The lowest BCUT2D eigenvalue weighted by atomic mass is 9.81. The molecule has 0 bridgehead atoms. The van der Waals surface area contributed by atoms with Crippen LogP contribution in [0.2, 0.25) is 0 Å². The van der Waals surface area contributed by atoms with Crippen LogP contribution in [0.4, 0.5) is 0 Å². The first-order chi connectivity index (χ1) is 49.9. The molecule has 0 saturated carbocycles. The largest absolute Gasteiger partial charge is 0.0622 e. The van der Waals surface area contributed by atoms with Crippen LogP contribution in [0.5, 0.6) is 0 Å². The van der Waals surface area contributed by atoms with Gasteiger partial charge in [0.05, 0.1) is 0 Å². The van der Waals surface area contributed by atoms with E-state index in [1.54, 1.807) is 0 Å². The van der Waals surface area contributed by atoms with Gasteiger partial charge >= 0.3 is 0 Å². The topological polar surface area (TPSA) is 0 Å². The number of hydrogen-bond donors (Lipinski definition) is 0. The zero-order chi connectivity index (χ0) is 67.1. The molecule has 0 radical (unpaired) electrons. The summed E-state index contributed by atoms with van der Waals surface area (Å²) in [7, 11) is 0. The highest BCUT2D eigenvalue weighted by Gasteiger charge is 2.35. The molecular formula is C101H68. The first kappa shape index (κ1) is 59.5. The highest BCUT2D eigenvalue weighted by atomic mass is 14.4. The minimum atomic E-state index is -0.0471. The van der Waals surface area contributed by atoms with Gasteiger partial charge in [0.15, 0.2) is 0 Å². The van der Waals surface area contributed by atoms with Crippen molar-refractivity contribution in [3.05, 3.63) is 387 Å². The van der Waals surface area contributed by atoms with E-state index in [0.29, 0.717) is 0 Å². The first-order valence-electron chi connectivity index (χ1n) is 35.3. The Balaban J connectivity index is 0.000000140. The Kier molecular flexibility index (Phi) is 14.4. The minimum Gasteiger partial charge on any atom is -0.0622 e. The number of benzene rings is 19. The van der Waals surface area contributed by atoms with Gasteiger partial charge in [-0.3, -0.25) is 0 Å². The third kappa shape index (κ3) is 10.0. The van der Waals surface area contributed by atoms with E-state index < -0.39 is 0 Å². The number of hydrogen-bond acceptors (Lipinski definition) is 0. The summed E-state index contributed by atoms with van der Waals surface area (Å²) in [5.41, 5.74) is 25.5. The Morgan fingerprint density at radius 2 is 0.416 bits per heavy atom. The minimum absolute atomic E-state index is 0.0471. The molecule has 0 nitrogen and oxygen atoms in total.